The lowest BCUT2D eigenvalue weighted by Gasteiger charge is -2.10. The van der Waals surface area contributed by atoms with Crippen molar-refractivity contribution in [3.05, 3.63) is 58.6 Å². The van der Waals surface area contributed by atoms with Crippen LogP contribution in [0.25, 0.3) is 0 Å². The second kappa shape index (κ2) is 10.4. The summed E-state index contributed by atoms with van der Waals surface area (Å²) in [5.41, 5.74) is 4.76. The monoisotopic (exact) mass is 416 g/mol. The minimum absolute atomic E-state index is 0.475. The number of hydrogen-bond donors (Lipinski definition) is 3. The van der Waals surface area contributed by atoms with Gasteiger partial charge in [0.1, 0.15) is 0 Å². The van der Waals surface area contributed by atoms with Crippen LogP contribution in [-0.2, 0) is 9.59 Å². The summed E-state index contributed by atoms with van der Waals surface area (Å²) in [6, 6.07) is 15.4. The summed E-state index contributed by atoms with van der Waals surface area (Å²) in [6.45, 7) is 2.48. The highest BCUT2D eigenvalue weighted by Crippen LogP contribution is 2.23. The summed E-state index contributed by atoms with van der Waals surface area (Å²) in [4.78, 5) is 23.3. The molecule has 2 amide bonds. The molecule has 6 nitrogen and oxygen atoms in total. The number of benzene rings is 2. The number of amides is 2. The lowest BCUT2D eigenvalue weighted by molar-refractivity contribution is -0.139. The minimum Gasteiger partial charge on any atom is -0.355 e. The van der Waals surface area contributed by atoms with E-state index in [0.717, 1.165) is 34.3 Å². The molecule has 0 bridgehead atoms. The first kappa shape index (κ1) is 19.7. The molecule has 136 valence electrons. The van der Waals surface area contributed by atoms with E-state index >= 15 is 0 Å². The van der Waals surface area contributed by atoms with Gasteiger partial charge >= 0.3 is 11.8 Å². The molecule has 2 rings (SSSR count). The molecule has 0 aliphatic carbocycles. The van der Waals surface area contributed by atoms with Crippen LogP contribution in [0.15, 0.2) is 58.1 Å². The predicted molar refractivity (Wildman–Crippen MR) is 108 cm³/mol. The molecule has 0 atom stereocenters. The van der Waals surface area contributed by atoms with Crippen LogP contribution in [0.3, 0.4) is 0 Å². The van der Waals surface area contributed by atoms with Crippen LogP contribution in [0, 0.1) is 0 Å². The lowest BCUT2D eigenvalue weighted by Crippen LogP contribution is -2.38. The Kier molecular flexibility index (Phi) is 7.82. The fraction of sp³-hybridized carbons (Fsp3) is 0.211. The van der Waals surface area contributed by atoms with Crippen LogP contribution in [0.1, 0.15) is 25.3 Å². The van der Waals surface area contributed by atoms with E-state index in [4.69, 9.17) is 0 Å². The van der Waals surface area contributed by atoms with Gasteiger partial charge < -0.3 is 10.6 Å². The Morgan fingerprint density at radius 3 is 2.62 bits per heavy atom. The zero-order chi connectivity index (χ0) is 18.8. The fourth-order valence-corrected chi connectivity index (χ4v) is 2.48. The van der Waals surface area contributed by atoms with Gasteiger partial charge in [-0.15, -0.1) is 0 Å². The van der Waals surface area contributed by atoms with Gasteiger partial charge in [0, 0.05) is 28.0 Å². The highest BCUT2D eigenvalue weighted by molar-refractivity contribution is 9.10. The van der Waals surface area contributed by atoms with Gasteiger partial charge in [0.2, 0.25) is 0 Å². The average molecular weight is 417 g/mol. The van der Waals surface area contributed by atoms with Gasteiger partial charge in [-0.25, -0.2) is 5.43 Å². The van der Waals surface area contributed by atoms with Gasteiger partial charge in [-0.2, -0.15) is 5.10 Å². The van der Waals surface area contributed by atoms with Gasteiger partial charge in [-0.3, -0.25) is 9.59 Å². The molecule has 0 aliphatic rings. The van der Waals surface area contributed by atoms with Crippen molar-refractivity contribution in [2.24, 2.45) is 5.10 Å². The lowest BCUT2D eigenvalue weighted by atomic mass is 10.2. The van der Waals surface area contributed by atoms with Gasteiger partial charge in [0.25, 0.3) is 0 Å². The quantitative estimate of drug-likeness (QED) is 0.279. The first-order chi connectivity index (χ1) is 12.6. The molecule has 7 heteroatoms. The topological polar surface area (TPSA) is 82.6 Å². The van der Waals surface area contributed by atoms with Crippen molar-refractivity contribution in [3.8, 4) is 0 Å². The van der Waals surface area contributed by atoms with Crippen molar-refractivity contribution < 1.29 is 9.59 Å². The summed E-state index contributed by atoms with van der Waals surface area (Å²) >= 11 is 3.42. The van der Waals surface area contributed by atoms with Crippen molar-refractivity contribution in [1.29, 1.82) is 0 Å². The average Bonchev–Trinajstić information content (AvgIpc) is 2.64. The summed E-state index contributed by atoms with van der Waals surface area (Å²) in [5, 5.41) is 9.72. The molecular weight excluding hydrogens is 396 g/mol. The third-order valence-electron chi connectivity index (χ3n) is 3.46. The Bertz CT molecular complexity index is 778. The van der Waals surface area contributed by atoms with Crippen LogP contribution >= 0.6 is 15.9 Å². The largest absolute Gasteiger partial charge is 0.355 e. The Hall–Kier alpha value is -2.67. The maximum atomic E-state index is 11.7. The van der Waals surface area contributed by atoms with Crippen LogP contribution in [-0.4, -0.2) is 24.6 Å². The minimum atomic E-state index is -0.787. The van der Waals surface area contributed by atoms with Crippen molar-refractivity contribution in [2.45, 2.75) is 19.8 Å². The number of carbonyl (C=O) groups is 2. The third-order valence-corrected chi connectivity index (χ3v) is 3.95. The number of rotatable bonds is 7. The van der Waals surface area contributed by atoms with Crippen LogP contribution in [0.5, 0.6) is 0 Å². The van der Waals surface area contributed by atoms with Crippen LogP contribution in [0.2, 0.25) is 0 Å². The summed E-state index contributed by atoms with van der Waals surface area (Å²) in [5.74, 6) is -1.47. The van der Waals surface area contributed by atoms with Crippen molar-refractivity contribution in [2.75, 3.05) is 11.9 Å². The van der Waals surface area contributed by atoms with E-state index in [1.807, 2.05) is 55.5 Å². The smallest absolute Gasteiger partial charge is 0.329 e. The zero-order valence-electron chi connectivity index (χ0n) is 14.5. The van der Waals surface area contributed by atoms with E-state index in [1.54, 1.807) is 0 Å². The maximum Gasteiger partial charge on any atom is 0.329 e. The molecule has 0 aromatic heterocycles. The highest BCUT2D eigenvalue weighted by Gasteiger charge is 2.11. The standard InChI is InChI=1S/C19H21BrN4O2/c1-2-3-11-21-18(25)19(26)24-22-13-14-12-15(20)9-10-17(14)23-16-7-5-4-6-8-16/h4-10,12-13,23H,2-3,11H2,1H3,(H,21,25)(H,24,26)/b22-13-. The normalized spacial score (nSPS) is 10.5. The van der Waals surface area contributed by atoms with E-state index < -0.39 is 11.8 Å². The maximum absolute atomic E-state index is 11.7. The number of halogens is 1. The number of hydrazone groups is 1. The number of nitrogens with zero attached hydrogens (tertiary/aromatic N) is 1. The zero-order valence-corrected chi connectivity index (χ0v) is 16.0. The van der Waals surface area contributed by atoms with E-state index in [0.29, 0.717) is 6.54 Å². The van der Waals surface area contributed by atoms with E-state index in [9.17, 15) is 9.59 Å². The molecule has 0 unspecified atom stereocenters. The molecule has 0 saturated heterocycles. The summed E-state index contributed by atoms with van der Waals surface area (Å²) in [7, 11) is 0. The predicted octanol–water partition coefficient (Wildman–Crippen LogP) is 3.56. The highest BCUT2D eigenvalue weighted by atomic mass is 79.9. The number of unbranched alkanes of at least 4 members (excludes halogenated alkanes) is 1. The number of carbonyl (C=O) groups excluding carboxylic acids is 2. The van der Waals surface area contributed by atoms with Crippen LogP contribution < -0.4 is 16.1 Å². The second-order valence-electron chi connectivity index (χ2n) is 5.53. The molecule has 0 spiro atoms. The van der Waals surface area contributed by atoms with Gasteiger partial charge in [-0.05, 0) is 36.8 Å². The van der Waals surface area contributed by atoms with Gasteiger partial charge in [0.05, 0.1) is 6.21 Å². The molecule has 3 N–H and O–H groups in total. The molecule has 0 fully saturated rings. The molecular formula is C19H21BrN4O2. The molecule has 0 radical (unpaired) electrons. The Labute approximate surface area is 161 Å². The van der Waals surface area contributed by atoms with Gasteiger partial charge in [0.15, 0.2) is 0 Å². The molecule has 2 aromatic carbocycles. The molecule has 0 saturated carbocycles. The molecule has 0 aliphatic heterocycles. The van der Waals surface area contributed by atoms with Crippen molar-refractivity contribution in [1.82, 2.24) is 10.7 Å². The van der Waals surface area contributed by atoms with Gasteiger partial charge in [-0.1, -0.05) is 47.5 Å². The van der Waals surface area contributed by atoms with E-state index in [1.165, 1.54) is 6.21 Å². The van der Waals surface area contributed by atoms with Crippen molar-refractivity contribution in [3.63, 3.8) is 0 Å². The Morgan fingerprint density at radius 2 is 1.88 bits per heavy atom. The number of nitrogens with one attached hydrogen (secondary N) is 3. The number of anilines is 2. The molecule has 0 heterocycles. The van der Waals surface area contributed by atoms with E-state index in [-0.39, 0.29) is 0 Å². The number of hydrogen-bond acceptors (Lipinski definition) is 4. The Balaban J connectivity index is 2.01. The first-order valence-corrected chi connectivity index (χ1v) is 9.12. The number of para-hydroxylation sites is 1. The summed E-state index contributed by atoms with van der Waals surface area (Å²) < 4.78 is 0.876. The fourth-order valence-electron chi connectivity index (χ4n) is 2.10. The molecule has 2 aromatic rings. The van der Waals surface area contributed by atoms with E-state index in [2.05, 4.69) is 37.1 Å². The molecule has 26 heavy (non-hydrogen) atoms. The summed E-state index contributed by atoms with van der Waals surface area (Å²) in [6.07, 6.45) is 3.27. The SMILES string of the molecule is CCCCNC(=O)C(=O)N/N=C\c1cc(Br)ccc1Nc1ccccc1. The van der Waals surface area contributed by atoms with Crippen LogP contribution in [0.4, 0.5) is 11.4 Å². The van der Waals surface area contributed by atoms with Crippen molar-refractivity contribution >= 4 is 45.3 Å². The Morgan fingerprint density at radius 1 is 1.12 bits per heavy atom. The third kappa shape index (κ3) is 6.33. The second-order valence-corrected chi connectivity index (χ2v) is 6.45. The first-order valence-electron chi connectivity index (χ1n) is 8.33.